The summed E-state index contributed by atoms with van der Waals surface area (Å²) in [5, 5.41) is 3.47. The Morgan fingerprint density at radius 1 is 1.10 bits per heavy atom. The fraction of sp³-hybridized carbons (Fsp3) is 0.444. The molecule has 0 saturated heterocycles. The highest BCUT2D eigenvalue weighted by Gasteiger charge is 2.12. The lowest BCUT2D eigenvalue weighted by Crippen LogP contribution is -2.35. The van der Waals surface area contributed by atoms with Crippen molar-refractivity contribution in [1.29, 1.82) is 0 Å². The van der Waals surface area contributed by atoms with Crippen LogP contribution in [0, 0.1) is 13.8 Å². The van der Waals surface area contributed by atoms with E-state index in [2.05, 4.69) is 46.0 Å². The zero-order valence-corrected chi connectivity index (χ0v) is 13.6. The molecule has 0 unspecified atom stereocenters. The standard InChI is InChI=1S/C18H25NO2/c1-13-8-14(2)10-16(9-13)21-12-17-15(6-7-20-17)11-19-18(3,4)5/h6-10,19H,11-12H2,1-5H3. The van der Waals surface area contributed by atoms with E-state index in [4.69, 9.17) is 9.15 Å². The van der Waals surface area contributed by atoms with Crippen molar-refractivity contribution < 1.29 is 9.15 Å². The smallest absolute Gasteiger partial charge is 0.146 e. The molecule has 0 amide bonds. The van der Waals surface area contributed by atoms with Crippen molar-refractivity contribution in [2.24, 2.45) is 0 Å². The van der Waals surface area contributed by atoms with E-state index in [-0.39, 0.29) is 5.54 Å². The minimum atomic E-state index is 0.0864. The fourth-order valence-electron chi connectivity index (χ4n) is 2.18. The number of furan rings is 1. The Bertz CT molecular complexity index is 573. The first kappa shape index (κ1) is 15.6. The van der Waals surface area contributed by atoms with E-state index in [9.17, 15) is 0 Å². The first-order valence-corrected chi connectivity index (χ1v) is 7.35. The molecule has 0 atom stereocenters. The molecule has 3 heteroatoms. The second kappa shape index (κ2) is 6.35. The van der Waals surface area contributed by atoms with Crippen LogP contribution in [-0.2, 0) is 13.2 Å². The first-order valence-electron chi connectivity index (χ1n) is 7.35. The monoisotopic (exact) mass is 287 g/mol. The van der Waals surface area contributed by atoms with Crippen LogP contribution in [0.5, 0.6) is 5.75 Å². The van der Waals surface area contributed by atoms with Gasteiger partial charge in [0, 0.05) is 17.6 Å². The van der Waals surface area contributed by atoms with Crippen LogP contribution >= 0.6 is 0 Å². The molecular weight excluding hydrogens is 262 g/mol. The summed E-state index contributed by atoms with van der Waals surface area (Å²) in [5.41, 5.74) is 3.65. The van der Waals surface area contributed by atoms with E-state index < -0.39 is 0 Å². The summed E-state index contributed by atoms with van der Waals surface area (Å²) in [7, 11) is 0. The molecule has 0 aliphatic rings. The molecule has 2 rings (SSSR count). The lowest BCUT2D eigenvalue weighted by Gasteiger charge is -2.20. The van der Waals surface area contributed by atoms with E-state index in [1.54, 1.807) is 6.26 Å². The maximum atomic E-state index is 5.86. The topological polar surface area (TPSA) is 34.4 Å². The van der Waals surface area contributed by atoms with Crippen molar-refractivity contribution >= 4 is 0 Å². The Hall–Kier alpha value is -1.74. The summed E-state index contributed by atoms with van der Waals surface area (Å²) >= 11 is 0. The zero-order valence-electron chi connectivity index (χ0n) is 13.6. The quantitative estimate of drug-likeness (QED) is 0.887. The number of hydrogen-bond acceptors (Lipinski definition) is 3. The van der Waals surface area contributed by atoms with Crippen LogP contribution in [0.25, 0.3) is 0 Å². The highest BCUT2D eigenvalue weighted by Crippen LogP contribution is 2.19. The molecule has 1 aromatic carbocycles. The van der Waals surface area contributed by atoms with Crippen LogP contribution in [0.4, 0.5) is 0 Å². The van der Waals surface area contributed by atoms with Crippen molar-refractivity contribution in [2.45, 2.75) is 53.3 Å². The number of nitrogens with one attached hydrogen (secondary N) is 1. The molecule has 0 fully saturated rings. The van der Waals surface area contributed by atoms with Crippen molar-refractivity contribution in [3.8, 4) is 5.75 Å². The molecule has 0 aliphatic heterocycles. The molecule has 2 aromatic rings. The number of benzene rings is 1. The van der Waals surface area contributed by atoms with Gasteiger partial charge in [0.25, 0.3) is 0 Å². The van der Waals surface area contributed by atoms with Gasteiger partial charge in [-0.3, -0.25) is 0 Å². The molecule has 1 heterocycles. The lowest BCUT2D eigenvalue weighted by atomic mass is 10.1. The average molecular weight is 287 g/mol. The predicted molar refractivity (Wildman–Crippen MR) is 85.5 cm³/mol. The molecule has 1 N–H and O–H groups in total. The van der Waals surface area contributed by atoms with Gasteiger partial charge in [0.05, 0.1) is 6.26 Å². The van der Waals surface area contributed by atoms with Crippen molar-refractivity contribution in [1.82, 2.24) is 5.32 Å². The predicted octanol–water partition coefficient (Wildman–Crippen LogP) is 4.36. The fourth-order valence-corrected chi connectivity index (χ4v) is 2.18. The third kappa shape index (κ3) is 4.94. The van der Waals surface area contributed by atoms with E-state index in [1.807, 2.05) is 18.2 Å². The summed E-state index contributed by atoms with van der Waals surface area (Å²) in [5.74, 6) is 1.77. The van der Waals surface area contributed by atoms with Crippen molar-refractivity contribution in [3.05, 3.63) is 53.0 Å². The summed E-state index contributed by atoms with van der Waals surface area (Å²) in [4.78, 5) is 0. The average Bonchev–Trinajstić information content (AvgIpc) is 2.79. The van der Waals surface area contributed by atoms with E-state index in [1.165, 1.54) is 11.1 Å². The molecule has 0 aliphatic carbocycles. The zero-order chi connectivity index (χ0) is 15.5. The Balaban J connectivity index is 1.99. The highest BCUT2D eigenvalue weighted by molar-refractivity contribution is 5.33. The third-order valence-electron chi connectivity index (χ3n) is 3.21. The van der Waals surface area contributed by atoms with Crippen molar-refractivity contribution in [3.63, 3.8) is 0 Å². The van der Waals surface area contributed by atoms with Crippen LogP contribution in [-0.4, -0.2) is 5.54 Å². The maximum Gasteiger partial charge on any atom is 0.146 e. The van der Waals surface area contributed by atoms with Gasteiger partial charge in [-0.1, -0.05) is 6.07 Å². The van der Waals surface area contributed by atoms with Crippen LogP contribution < -0.4 is 10.1 Å². The second-order valence-corrected chi connectivity index (χ2v) is 6.58. The summed E-state index contributed by atoms with van der Waals surface area (Å²) in [6, 6.07) is 8.23. The van der Waals surface area contributed by atoms with Crippen LogP contribution in [0.3, 0.4) is 0 Å². The molecule has 1 aromatic heterocycles. The maximum absolute atomic E-state index is 5.86. The minimum Gasteiger partial charge on any atom is -0.486 e. The first-order chi connectivity index (χ1) is 9.83. The SMILES string of the molecule is Cc1cc(C)cc(OCc2occc2CNC(C)(C)C)c1. The second-order valence-electron chi connectivity index (χ2n) is 6.58. The molecule has 114 valence electrons. The Kier molecular flexibility index (Phi) is 4.73. The van der Waals surface area contributed by atoms with Gasteiger partial charge in [0.2, 0.25) is 0 Å². The summed E-state index contributed by atoms with van der Waals surface area (Å²) < 4.78 is 11.4. The van der Waals surface area contributed by atoms with Gasteiger partial charge >= 0.3 is 0 Å². The van der Waals surface area contributed by atoms with E-state index in [0.717, 1.165) is 23.6 Å². The number of hydrogen-bond donors (Lipinski definition) is 1. The normalized spacial score (nSPS) is 11.7. The molecular formula is C18H25NO2. The molecule has 3 nitrogen and oxygen atoms in total. The summed E-state index contributed by atoms with van der Waals surface area (Å²) in [6.45, 7) is 11.8. The van der Waals surface area contributed by atoms with Crippen molar-refractivity contribution in [2.75, 3.05) is 0 Å². The lowest BCUT2D eigenvalue weighted by molar-refractivity contribution is 0.267. The molecule has 0 spiro atoms. The van der Waals surface area contributed by atoms with E-state index >= 15 is 0 Å². The summed E-state index contributed by atoms with van der Waals surface area (Å²) in [6.07, 6.45) is 1.72. The van der Waals surface area contributed by atoms with E-state index in [0.29, 0.717) is 6.61 Å². The van der Waals surface area contributed by atoms with Gasteiger partial charge in [-0.15, -0.1) is 0 Å². The van der Waals surface area contributed by atoms with Crippen LogP contribution in [0.2, 0.25) is 0 Å². The molecule has 0 bridgehead atoms. The Morgan fingerprint density at radius 2 is 1.76 bits per heavy atom. The largest absolute Gasteiger partial charge is 0.486 e. The minimum absolute atomic E-state index is 0.0864. The van der Waals surface area contributed by atoms with Gasteiger partial charge < -0.3 is 14.5 Å². The van der Waals surface area contributed by atoms with Gasteiger partial charge in [-0.2, -0.15) is 0 Å². The number of ether oxygens (including phenoxy) is 1. The number of rotatable bonds is 5. The molecule has 0 radical (unpaired) electrons. The Labute approximate surface area is 127 Å². The van der Waals surface area contributed by atoms with Gasteiger partial charge in [0.1, 0.15) is 18.1 Å². The molecule has 21 heavy (non-hydrogen) atoms. The van der Waals surface area contributed by atoms with Gasteiger partial charge in [-0.05, 0) is 63.9 Å². The Morgan fingerprint density at radius 3 is 2.38 bits per heavy atom. The van der Waals surface area contributed by atoms with Crippen LogP contribution in [0.15, 0.2) is 34.9 Å². The third-order valence-corrected chi connectivity index (χ3v) is 3.21. The van der Waals surface area contributed by atoms with Gasteiger partial charge in [-0.25, -0.2) is 0 Å². The molecule has 0 saturated carbocycles. The van der Waals surface area contributed by atoms with Gasteiger partial charge in [0.15, 0.2) is 0 Å². The highest BCUT2D eigenvalue weighted by atomic mass is 16.5. The number of aryl methyl sites for hydroxylation is 2. The van der Waals surface area contributed by atoms with Crippen LogP contribution in [0.1, 0.15) is 43.2 Å².